The van der Waals surface area contributed by atoms with Crippen LogP contribution in [-0.2, 0) is 17.6 Å². The number of nitrogens with one attached hydrogen (secondary N) is 1. The summed E-state index contributed by atoms with van der Waals surface area (Å²) in [7, 11) is 3.14. The predicted octanol–water partition coefficient (Wildman–Crippen LogP) is 2.72. The van der Waals surface area contributed by atoms with Crippen LogP contribution < -0.4 is 14.8 Å². The first kappa shape index (κ1) is 17.9. The molecular weight excluding hydrogens is 354 g/mol. The lowest BCUT2D eigenvalue weighted by Gasteiger charge is -2.09. The smallest absolute Gasteiger partial charge is 0.257 e. The zero-order valence-electron chi connectivity index (χ0n) is 14.5. The van der Waals surface area contributed by atoms with Crippen LogP contribution >= 0.6 is 11.3 Å². The van der Waals surface area contributed by atoms with E-state index in [-0.39, 0.29) is 12.3 Å². The van der Waals surface area contributed by atoms with Crippen LogP contribution in [0.5, 0.6) is 11.5 Å². The van der Waals surface area contributed by atoms with Gasteiger partial charge in [0.1, 0.15) is 0 Å². The molecule has 2 heterocycles. The quantitative estimate of drug-likeness (QED) is 0.653. The van der Waals surface area contributed by atoms with E-state index >= 15 is 0 Å². The van der Waals surface area contributed by atoms with Gasteiger partial charge in [-0.25, -0.2) is 0 Å². The van der Waals surface area contributed by atoms with Crippen molar-refractivity contribution >= 4 is 17.2 Å². The summed E-state index contributed by atoms with van der Waals surface area (Å²) in [5.41, 5.74) is 0.845. The van der Waals surface area contributed by atoms with Crippen LogP contribution in [0.4, 0.5) is 0 Å². The molecule has 0 bridgehead atoms. The first-order valence-electron chi connectivity index (χ1n) is 8.03. The largest absolute Gasteiger partial charge is 0.493 e. The lowest BCUT2D eigenvalue weighted by atomic mass is 10.1. The second-order valence-electron chi connectivity index (χ2n) is 5.44. The molecule has 1 amide bonds. The minimum absolute atomic E-state index is 0.0878. The number of amides is 1. The van der Waals surface area contributed by atoms with Crippen molar-refractivity contribution in [3.8, 4) is 22.3 Å². The van der Waals surface area contributed by atoms with Crippen LogP contribution in [-0.4, -0.2) is 36.9 Å². The maximum atomic E-state index is 12.1. The number of hydrogen-bond acceptors (Lipinski definition) is 7. The molecule has 0 atom stereocenters. The number of nitrogens with zero attached hydrogens (tertiary/aromatic N) is 2. The zero-order chi connectivity index (χ0) is 18.4. The van der Waals surface area contributed by atoms with Crippen molar-refractivity contribution in [2.24, 2.45) is 0 Å². The van der Waals surface area contributed by atoms with E-state index in [1.54, 1.807) is 26.4 Å². The highest BCUT2D eigenvalue weighted by Crippen LogP contribution is 2.27. The average molecular weight is 373 g/mol. The first-order chi connectivity index (χ1) is 12.7. The van der Waals surface area contributed by atoms with E-state index in [0.717, 1.165) is 10.4 Å². The summed E-state index contributed by atoms with van der Waals surface area (Å²) in [5, 5.41) is 12.8. The highest BCUT2D eigenvalue weighted by Gasteiger charge is 2.11. The van der Waals surface area contributed by atoms with Gasteiger partial charge in [-0.3, -0.25) is 4.79 Å². The molecule has 0 aliphatic carbocycles. The molecule has 3 aromatic rings. The molecule has 1 N–H and O–H groups in total. The number of rotatable bonds is 8. The second kappa shape index (κ2) is 8.48. The fourth-order valence-corrected chi connectivity index (χ4v) is 3.05. The lowest BCUT2D eigenvalue weighted by Crippen LogP contribution is -2.27. The van der Waals surface area contributed by atoms with Gasteiger partial charge in [-0.1, -0.05) is 12.1 Å². The normalized spacial score (nSPS) is 10.5. The molecule has 2 aromatic heterocycles. The van der Waals surface area contributed by atoms with Gasteiger partial charge in [-0.05, 0) is 29.1 Å². The van der Waals surface area contributed by atoms with E-state index in [1.807, 2.05) is 23.6 Å². The Bertz CT molecular complexity index is 861. The Morgan fingerprint density at radius 2 is 2.04 bits per heavy atom. The fraction of sp³-hybridized carbons (Fsp3) is 0.278. The highest BCUT2D eigenvalue weighted by molar-refractivity contribution is 7.13. The van der Waals surface area contributed by atoms with Crippen LogP contribution in [0.1, 0.15) is 11.5 Å². The van der Waals surface area contributed by atoms with E-state index in [4.69, 9.17) is 13.9 Å². The molecule has 136 valence electrons. The molecule has 0 aliphatic heterocycles. The summed E-state index contributed by atoms with van der Waals surface area (Å²) in [5.74, 6) is 2.15. The van der Waals surface area contributed by atoms with Crippen molar-refractivity contribution in [3.05, 3.63) is 47.2 Å². The summed E-state index contributed by atoms with van der Waals surface area (Å²) >= 11 is 1.54. The lowest BCUT2D eigenvalue weighted by molar-refractivity contribution is -0.120. The standard InChI is InChI=1S/C18H19N3O4S/c1-23-13-6-5-12(10-14(13)24-2)11-16(22)19-8-7-17-20-21-18(25-17)15-4-3-9-26-15/h3-6,9-10H,7-8,11H2,1-2H3,(H,19,22). The maximum Gasteiger partial charge on any atom is 0.257 e. The monoisotopic (exact) mass is 373 g/mol. The van der Waals surface area contributed by atoms with Gasteiger partial charge < -0.3 is 19.2 Å². The van der Waals surface area contributed by atoms with Gasteiger partial charge in [0.05, 0.1) is 25.5 Å². The summed E-state index contributed by atoms with van der Waals surface area (Å²) in [6.45, 7) is 0.429. The Hall–Kier alpha value is -2.87. The van der Waals surface area contributed by atoms with Crippen molar-refractivity contribution < 1.29 is 18.7 Å². The van der Waals surface area contributed by atoms with Crippen molar-refractivity contribution in [2.45, 2.75) is 12.8 Å². The van der Waals surface area contributed by atoms with Gasteiger partial charge in [-0.2, -0.15) is 0 Å². The molecule has 0 saturated carbocycles. The number of hydrogen-bond donors (Lipinski definition) is 1. The molecule has 3 rings (SSSR count). The van der Waals surface area contributed by atoms with Gasteiger partial charge in [0.2, 0.25) is 11.8 Å². The van der Waals surface area contributed by atoms with Crippen LogP contribution in [0.3, 0.4) is 0 Å². The van der Waals surface area contributed by atoms with Crippen LogP contribution in [0, 0.1) is 0 Å². The highest BCUT2D eigenvalue weighted by atomic mass is 32.1. The molecular formula is C18H19N3O4S. The van der Waals surface area contributed by atoms with Crippen molar-refractivity contribution in [3.63, 3.8) is 0 Å². The second-order valence-corrected chi connectivity index (χ2v) is 6.39. The number of carbonyl (C=O) groups excluding carboxylic acids is 1. The number of benzene rings is 1. The SMILES string of the molecule is COc1ccc(CC(=O)NCCc2nnc(-c3cccs3)o2)cc1OC. The summed E-state index contributed by atoms with van der Waals surface area (Å²) < 4.78 is 16.0. The molecule has 0 spiro atoms. The van der Waals surface area contributed by atoms with E-state index < -0.39 is 0 Å². The summed E-state index contributed by atoms with van der Waals surface area (Å²) in [6.07, 6.45) is 0.737. The Kier molecular flexibility index (Phi) is 5.85. The van der Waals surface area contributed by atoms with Crippen molar-refractivity contribution in [1.29, 1.82) is 0 Å². The summed E-state index contributed by atoms with van der Waals surface area (Å²) in [4.78, 5) is 13.0. The van der Waals surface area contributed by atoms with Crippen LogP contribution in [0.2, 0.25) is 0 Å². The first-order valence-corrected chi connectivity index (χ1v) is 8.91. The minimum Gasteiger partial charge on any atom is -0.493 e. The number of carbonyl (C=O) groups is 1. The van der Waals surface area contributed by atoms with E-state index in [0.29, 0.717) is 36.2 Å². The number of thiophene rings is 1. The van der Waals surface area contributed by atoms with E-state index in [1.165, 1.54) is 11.3 Å². The van der Waals surface area contributed by atoms with E-state index in [2.05, 4.69) is 15.5 Å². The molecule has 26 heavy (non-hydrogen) atoms. The molecule has 0 saturated heterocycles. The Morgan fingerprint density at radius 3 is 2.77 bits per heavy atom. The maximum absolute atomic E-state index is 12.1. The summed E-state index contributed by atoms with van der Waals surface area (Å²) in [6, 6.07) is 9.27. The number of methoxy groups -OCH3 is 2. The third-order valence-electron chi connectivity index (χ3n) is 3.67. The predicted molar refractivity (Wildman–Crippen MR) is 97.6 cm³/mol. The topological polar surface area (TPSA) is 86.5 Å². The molecule has 0 aliphatic rings. The average Bonchev–Trinajstić information content (AvgIpc) is 3.33. The number of ether oxygens (including phenoxy) is 2. The molecule has 8 heteroatoms. The van der Waals surface area contributed by atoms with Crippen LogP contribution in [0.15, 0.2) is 40.1 Å². The van der Waals surface area contributed by atoms with Gasteiger partial charge in [0, 0.05) is 13.0 Å². The fourth-order valence-electron chi connectivity index (χ4n) is 2.40. The molecule has 1 aromatic carbocycles. The van der Waals surface area contributed by atoms with Gasteiger partial charge >= 0.3 is 0 Å². The third kappa shape index (κ3) is 4.40. The minimum atomic E-state index is -0.0878. The zero-order valence-corrected chi connectivity index (χ0v) is 15.3. The Balaban J connectivity index is 1.49. The van der Waals surface area contributed by atoms with Crippen molar-refractivity contribution in [2.75, 3.05) is 20.8 Å². The van der Waals surface area contributed by atoms with Crippen LogP contribution in [0.25, 0.3) is 10.8 Å². The van der Waals surface area contributed by atoms with Gasteiger partial charge in [-0.15, -0.1) is 21.5 Å². The molecule has 0 fully saturated rings. The number of aromatic nitrogens is 2. The van der Waals surface area contributed by atoms with Crippen molar-refractivity contribution in [1.82, 2.24) is 15.5 Å². The third-order valence-corrected chi connectivity index (χ3v) is 4.53. The van der Waals surface area contributed by atoms with Gasteiger partial charge in [0.25, 0.3) is 5.89 Å². The van der Waals surface area contributed by atoms with E-state index in [9.17, 15) is 4.79 Å². The molecule has 7 nitrogen and oxygen atoms in total. The Morgan fingerprint density at radius 1 is 1.19 bits per heavy atom. The van der Waals surface area contributed by atoms with Gasteiger partial charge in [0.15, 0.2) is 11.5 Å². The molecule has 0 radical (unpaired) electrons. The Labute approximate surface area is 155 Å². The molecule has 0 unspecified atom stereocenters.